The predicted molar refractivity (Wildman–Crippen MR) is 107 cm³/mol. The Hall–Kier alpha value is -2.27. The van der Waals surface area contributed by atoms with Gasteiger partial charge in [-0.1, -0.05) is 41.6 Å². The van der Waals surface area contributed by atoms with Crippen LogP contribution in [0.2, 0.25) is 0 Å². The SMILES string of the molecule is Cc1ccc(-n2c(SCC(=O)N3CCCCC3)nc3ccccc32)cc1. The first-order valence-electron chi connectivity index (χ1n) is 9.17. The third-order valence-corrected chi connectivity index (χ3v) is 5.78. The van der Waals surface area contributed by atoms with Crippen molar-refractivity contribution < 1.29 is 4.79 Å². The Morgan fingerprint density at radius 2 is 1.77 bits per heavy atom. The topological polar surface area (TPSA) is 38.1 Å². The highest BCUT2D eigenvalue weighted by Gasteiger charge is 2.19. The standard InChI is InChI=1S/C21H23N3OS/c1-16-9-11-17(12-10-16)24-19-8-4-3-7-18(19)22-21(24)26-15-20(25)23-13-5-2-6-14-23/h3-4,7-12H,2,5-6,13-15H2,1H3. The molecule has 1 saturated heterocycles. The number of rotatable bonds is 4. The van der Waals surface area contributed by atoms with E-state index in [0.29, 0.717) is 5.75 Å². The van der Waals surface area contributed by atoms with Crippen LogP contribution in [-0.4, -0.2) is 39.2 Å². The molecule has 0 bridgehead atoms. The first-order valence-corrected chi connectivity index (χ1v) is 10.2. The number of piperidine rings is 1. The first-order chi connectivity index (χ1) is 12.7. The molecule has 0 unspecified atom stereocenters. The summed E-state index contributed by atoms with van der Waals surface area (Å²) in [7, 11) is 0. The third kappa shape index (κ3) is 3.49. The number of amides is 1. The lowest BCUT2D eigenvalue weighted by molar-refractivity contribution is -0.129. The Balaban J connectivity index is 1.62. The molecule has 5 heteroatoms. The molecule has 0 atom stereocenters. The molecule has 0 spiro atoms. The van der Waals surface area contributed by atoms with Crippen molar-refractivity contribution in [2.45, 2.75) is 31.3 Å². The smallest absolute Gasteiger partial charge is 0.233 e. The van der Waals surface area contributed by atoms with E-state index in [9.17, 15) is 4.79 Å². The van der Waals surface area contributed by atoms with Crippen LogP contribution in [-0.2, 0) is 4.79 Å². The third-order valence-electron chi connectivity index (χ3n) is 4.86. The second kappa shape index (κ2) is 7.54. The van der Waals surface area contributed by atoms with Gasteiger partial charge in [0.2, 0.25) is 5.91 Å². The number of nitrogens with zero attached hydrogens (tertiary/aromatic N) is 3. The van der Waals surface area contributed by atoms with Crippen LogP contribution in [0.1, 0.15) is 24.8 Å². The minimum Gasteiger partial charge on any atom is -0.342 e. The summed E-state index contributed by atoms with van der Waals surface area (Å²) in [5.74, 6) is 0.659. The maximum absolute atomic E-state index is 12.5. The van der Waals surface area contributed by atoms with E-state index >= 15 is 0 Å². The quantitative estimate of drug-likeness (QED) is 0.642. The van der Waals surface area contributed by atoms with Gasteiger partial charge in [-0.3, -0.25) is 9.36 Å². The van der Waals surface area contributed by atoms with E-state index in [1.165, 1.54) is 23.7 Å². The Bertz CT molecular complexity index is 911. The normalized spacial score (nSPS) is 14.7. The molecule has 2 aromatic carbocycles. The largest absolute Gasteiger partial charge is 0.342 e. The molecule has 3 aromatic rings. The van der Waals surface area contributed by atoms with Crippen LogP contribution < -0.4 is 0 Å². The fraction of sp³-hybridized carbons (Fsp3) is 0.333. The van der Waals surface area contributed by atoms with Gasteiger partial charge in [0.15, 0.2) is 5.16 Å². The molecule has 1 aliphatic rings. The van der Waals surface area contributed by atoms with E-state index in [0.717, 1.165) is 47.8 Å². The summed E-state index contributed by atoms with van der Waals surface area (Å²) in [6.45, 7) is 3.88. The van der Waals surface area contributed by atoms with Gasteiger partial charge in [0.05, 0.1) is 16.8 Å². The Kier molecular flexibility index (Phi) is 4.98. The van der Waals surface area contributed by atoms with Gasteiger partial charge in [-0.05, 0) is 50.5 Å². The summed E-state index contributed by atoms with van der Waals surface area (Å²) in [6.07, 6.45) is 3.48. The number of carbonyl (C=O) groups excluding carboxylic acids is 1. The molecule has 2 heterocycles. The maximum atomic E-state index is 12.5. The molecule has 0 N–H and O–H groups in total. The van der Waals surface area contributed by atoms with E-state index in [1.54, 1.807) is 0 Å². The first kappa shape index (κ1) is 17.2. The van der Waals surface area contributed by atoms with Crippen molar-refractivity contribution in [2.24, 2.45) is 0 Å². The number of carbonyl (C=O) groups is 1. The minimum atomic E-state index is 0.220. The monoisotopic (exact) mass is 365 g/mol. The second-order valence-corrected chi connectivity index (χ2v) is 7.73. The van der Waals surface area contributed by atoms with Crippen LogP contribution >= 0.6 is 11.8 Å². The molecule has 1 fully saturated rings. The molecular formula is C21H23N3OS. The number of para-hydroxylation sites is 2. The predicted octanol–water partition coefficient (Wildman–Crippen LogP) is 4.44. The average molecular weight is 366 g/mol. The number of benzene rings is 2. The van der Waals surface area contributed by atoms with Gasteiger partial charge >= 0.3 is 0 Å². The highest BCUT2D eigenvalue weighted by atomic mass is 32.2. The van der Waals surface area contributed by atoms with Gasteiger partial charge < -0.3 is 4.90 Å². The molecular weight excluding hydrogens is 342 g/mol. The van der Waals surface area contributed by atoms with Crippen LogP contribution in [0.5, 0.6) is 0 Å². The lowest BCUT2D eigenvalue weighted by atomic mass is 10.1. The summed E-state index contributed by atoms with van der Waals surface area (Å²) < 4.78 is 2.16. The minimum absolute atomic E-state index is 0.220. The Morgan fingerprint density at radius 3 is 2.54 bits per heavy atom. The van der Waals surface area contributed by atoms with E-state index in [-0.39, 0.29) is 5.91 Å². The number of likely N-dealkylation sites (tertiary alicyclic amines) is 1. The van der Waals surface area contributed by atoms with Crippen molar-refractivity contribution in [1.82, 2.24) is 14.5 Å². The molecule has 134 valence electrons. The summed E-state index contributed by atoms with van der Waals surface area (Å²) in [5.41, 5.74) is 4.34. The summed E-state index contributed by atoms with van der Waals surface area (Å²) in [4.78, 5) is 19.3. The van der Waals surface area contributed by atoms with Crippen molar-refractivity contribution >= 4 is 28.7 Å². The van der Waals surface area contributed by atoms with Gasteiger partial charge in [-0.15, -0.1) is 0 Å². The zero-order valence-electron chi connectivity index (χ0n) is 15.0. The molecule has 1 amide bonds. The lowest BCUT2D eigenvalue weighted by Crippen LogP contribution is -2.36. The van der Waals surface area contributed by atoms with Gasteiger partial charge in [0, 0.05) is 18.8 Å². The average Bonchev–Trinajstić information content (AvgIpc) is 3.06. The molecule has 0 saturated carbocycles. The van der Waals surface area contributed by atoms with E-state index in [1.807, 2.05) is 23.1 Å². The molecule has 0 aliphatic carbocycles. The van der Waals surface area contributed by atoms with Crippen molar-refractivity contribution in [3.8, 4) is 5.69 Å². The summed E-state index contributed by atoms with van der Waals surface area (Å²) in [6, 6.07) is 16.6. The van der Waals surface area contributed by atoms with Crippen molar-refractivity contribution in [3.63, 3.8) is 0 Å². The zero-order valence-corrected chi connectivity index (χ0v) is 15.8. The van der Waals surface area contributed by atoms with Crippen LogP contribution in [0.15, 0.2) is 53.7 Å². The molecule has 4 rings (SSSR count). The lowest BCUT2D eigenvalue weighted by Gasteiger charge is -2.26. The van der Waals surface area contributed by atoms with Crippen LogP contribution in [0.3, 0.4) is 0 Å². The second-order valence-electron chi connectivity index (χ2n) is 6.78. The van der Waals surface area contributed by atoms with Crippen molar-refractivity contribution in [3.05, 3.63) is 54.1 Å². The fourth-order valence-corrected chi connectivity index (χ4v) is 4.34. The number of fused-ring (bicyclic) bond motifs is 1. The number of imidazole rings is 1. The number of hydrogen-bond donors (Lipinski definition) is 0. The summed E-state index contributed by atoms with van der Waals surface area (Å²) in [5, 5.41) is 0.875. The van der Waals surface area contributed by atoms with E-state index < -0.39 is 0 Å². The number of thioether (sulfide) groups is 1. The fourth-order valence-electron chi connectivity index (χ4n) is 3.40. The number of hydrogen-bond acceptors (Lipinski definition) is 3. The van der Waals surface area contributed by atoms with Gasteiger partial charge in [-0.25, -0.2) is 4.98 Å². The molecule has 26 heavy (non-hydrogen) atoms. The molecule has 4 nitrogen and oxygen atoms in total. The van der Waals surface area contributed by atoms with Gasteiger partial charge in [0.25, 0.3) is 0 Å². The van der Waals surface area contributed by atoms with Gasteiger partial charge in [0.1, 0.15) is 0 Å². The van der Waals surface area contributed by atoms with E-state index in [2.05, 4.69) is 41.8 Å². The Morgan fingerprint density at radius 1 is 1.04 bits per heavy atom. The highest BCUT2D eigenvalue weighted by Crippen LogP contribution is 2.28. The van der Waals surface area contributed by atoms with E-state index in [4.69, 9.17) is 4.98 Å². The summed E-state index contributed by atoms with van der Waals surface area (Å²) >= 11 is 1.53. The zero-order chi connectivity index (χ0) is 17.9. The highest BCUT2D eigenvalue weighted by molar-refractivity contribution is 7.99. The number of aryl methyl sites for hydroxylation is 1. The maximum Gasteiger partial charge on any atom is 0.233 e. The van der Waals surface area contributed by atoms with Crippen LogP contribution in [0.4, 0.5) is 0 Å². The number of aromatic nitrogens is 2. The molecule has 0 radical (unpaired) electrons. The molecule has 1 aromatic heterocycles. The molecule has 1 aliphatic heterocycles. The Labute approximate surface area is 158 Å². The van der Waals surface area contributed by atoms with Crippen LogP contribution in [0, 0.1) is 6.92 Å². The van der Waals surface area contributed by atoms with Crippen molar-refractivity contribution in [1.29, 1.82) is 0 Å². The van der Waals surface area contributed by atoms with Crippen LogP contribution in [0.25, 0.3) is 16.7 Å². The van der Waals surface area contributed by atoms with Crippen molar-refractivity contribution in [2.75, 3.05) is 18.8 Å². The van der Waals surface area contributed by atoms with Gasteiger partial charge in [-0.2, -0.15) is 0 Å².